The van der Waals surface area contributed by atoms with Gasteiger partial charge in [-0.2, -0.15) is 11.8 Å². The van der Waals surface area contributed by atoms with E-state index in [0.29, 0.717) is 11.2 Å². The monoisotopic (exact) mass is 269 g/mol. The highest BCUT2D eigenvalue weighted by Crippen LogP contribution is 2.26. The summed E-state index contributed by atoms with van der Waals surface area (Å²) in [5.41, 5.74) is 7.49. The highest BCUT2D eigenvalue weighted by atomic mass is 32.2. The molecule has 3 atom stereocenters. The summed E-state index contributed by atoms with van der Waals surface area (Å²) in [6, 6.07) is 0.0552. The lowest BCUT2D eigenvalue weighted by Crippen LogP contribution is -2.24. The number of imidazole rings is 1. The van der Waals surface area contributed by atoms with E-state index in [1.807, 2.05) is 24.3 Å². The van der Waals surface area contributed by atoms with Crippen molar-refractivity contribution >= 4 is 11.8 Å². The molecule has 3 unspecified atom stereocenters. The highest BCUT2D eigenvalue weighted by molar-refractivity contribution is 7.99. The first-order chi connectivity index (χ1) is 8.72. The first-order valence-electron chi connectivity index (χ1n) is 6.58. The Kier molecular flexibility index (Phi) is 5.09. The van der Waals surface area contributed by atoms with E-state index in [4.69, 9.17) is 10.5 Å². The predicted octanol–water partition coefficient (Wildman–Crippen LogP) is 2.06. The Balaban J connectivity index is 1.97. The second-order valence-corrected chi connectivity index (χ2v) is 6.27. The van der Waals surface area contributed by atoms with Crippen LogP contribution in [-0.2, 0) is 11.3 Å². The molecule has 4 nitrogen and oxygen atoms in total. The Bertz CT molecular complexity index is 363. The SMILES string of the molecule is CSC(C)CCn1cncc1C(N)C1CCOC1. The van der Waals surface area contributed by atoms with Crippen LogP contribution in [0.15, 0.2) is 12.5 Å². The molecular weight excluding hydrogens is 246 g/mol. The molecule has 0 radical (unpaired) electrons. The molecule has 0 aromatic carbocycles. The molecule has 102 valence electrons. The van der Waals surface area contributed by atoms with E-state index >= 15 is 0 Å². The fourth-order valence-corrected chi connectivity index (χ4v) is 2.65. The minimum absolute atomic E-state index is 0.0552. The van der Waals surface area contributed by atoms with E-state index < -0.39 is 0 Å². The number of ether oxygens (including phenoxy) is 1. The zero-order valence-corrected chi connectivity index (χ0v) is 12.0. The number of nitrogens with two attached hydrogens (primary N) is 1. The van der Waals surface area contributed by atoms with Crippen molar-refractivity contribution in [1.82, 2.24) is 9.55 Å². The molecule has 0 bridgehead atoms. The van der Waals surface area contributed by atoms with E-state index in [1.54, 1.807) is 0 Å². The second-order valence-electron chi connectivity index (χ2n) is 5.00. The normalized spacial score (nSPS) is 23.2. The van der Waals surface area contributed by atoms with E-state index in [-0.39, 0.29) is 6.04 Å². The molecule has 1 aromatic rings. The predicted molar refractivity (Wildman–Crippen MR) is 75.7 cm³/mol. The van der Waals surface area contributed by atoms with Gasteiger partial charge in [-0.25, -0.2) is 4.98 Å². The Morgan fingerprint density at radius 3 is 3.17 bits per heavy atom. The van der Waals surface area contributed by atoms with Crippen LogP contribution in [0.3, 0.4) is 0 Å². The van der Waals surface area contributed by atoms with Gasteiger partial charge in [0.15, 0.2) is 0 Å². The van der Waals surface area contributed by atoms with Crippen molar-refractivity contribution in [2.75, 3.05) is 19.5 Å². The van der Waals surface area contributed by atoms with Gasteiger partial charge in [0, 0.05) is 30.5 Å². The van der Waals surface area contributed by atoms with Crippen LogP contribution < -0.4 is 5.73 Å². The van der Waals surface area contributed by atoms with Crippen LogP contribution in [0.25, 0.3) is 0 Å². The fourth-order valence-electron chi connectivity index (χ4n) is 2.31. The minimum atomic E-state index is 0.0552. The lowest BCUT2D eigenvalue weighted by atomic mass is 9.97. The smallest absolute Gasteiger partial charge is 0.0948 e. The number of aryl methyl sites for hydroxylation is 1. The van der Waals surface area contributed by atoms with Crippen molar-refractivity contribution in [3.63, 3.8) is 0 Å². The van der Waals surface area contributed by atoms with E-state index in [1.165, 1.54) is 0 Å². The minimum Gasteiger partial charge on any atom is -0.381 e. The van der Waals surface area contributed by atoms with Gasteiger partial charge in [0.25, 0.3) is 0 Å². The zero-order chi connectivity index (χ0) is 13.0. The van der Waals surface area contributed by atoms with Crippen LogP contribution in [-0.4, -0.2) is 34.3 Å². The summed E-state index contributed by atoms with van der Waals surface area (Å²) in [6.45, 7) is 4.88. The third-order valence-electron chi connectivity index (χ3n) is 3.74. The first kappa shape index (κ1) is 13.9. The van der Waals surface area contributed by atoms with Gasteiger partial charge in [0.1, 0.15) is 0 Å². The zero-order valence-electron chi connectivity index (χ0n) is 11.2. The standard InChI is InChI=1S/C13H23N3OS/c1-10(18-2)3-5-16-9-15-7-12(16)13(14)11-4-6-17-8-11/h7,9-11,13H,3-6,8,14H2,1-2H3. The number of thioether (sulfide) groups is 1. The Morgan fingerprint density at radius 1 is 1.67 bits per heavy atom. The summed E-state index contributed by atoms with van der Waals surface area (Å²) in [5.74, 6) is 0.443. The third-order valence-corrected chi connectivity index (χ3v) is 4.78. The van der Waals surface area contributed by atoms with Gasteiger partial charge in [-0.1, -0.05) is 6.92 Å². The van der Waals surface area contributed by atoms with Crippen LogP contribution in [0, 0.1) is 5.92 Å². The lowest BCUT2D eigenvalue weighted by Gasteiger charge is -2.20. The molecule has 2 heterocycles. The van der Waals surface area contributed by atoms with Gasteiger partial charge < -0.3 is 15.0 Å². The molecule has 2 N–H and O–H groups in total. The maximum absolute atomic E-state index is 6.34. The van der Waals surface area contributed by atoms with Gasteiger partial charge in [0.05, 0.1) is 24.7 Å². The summed E-state index contributed by atoms with van der Waals surface area (Å²) in [7, 11) is 0. The number of rotatable bonds is 6. The van der Waals surface area contributed by atoms with Crippen LogP contribution in [0.2, 0.25) is 0 Å². The van der Waals surface area contributed by atoms with Crippen LogP contribution in [0.4, 0.5) is 0 Å². The molecular formula is C13H23N3OS. The van der Waals surface area contributed by atoms with E-state index in [0.717, 1.165) is 38.3 Å². The molecule has 2 rings (SSSR count). The maximum atomic E-state index is 6.34. The van der Waals surface area contributed by atoms with Gasteiger partial charge in [-0.15, -0.1) is 0 Å². The summed E-state index contributed by atoms with van der Waals surface area (Å²) in [5, 5.41) is 0.672. The lowest BCUT2D eigenvalue weighted by molar-refractivity contribution is 0.180. The maximum Gasteiger partial charge on any atom is 0.0948 e. The van der Waals surface area contributed by atoms with Crippen molar-refractivity contribution in [2.45, 2.75) is 37.6 Å². The summed E-state index contributed by atoms with van der Waals surface area (Å²) >= 11 is 1.90. The van der Waals surface area contributed by atoms with Crippen LogP contribution in [0.1, 0.15) is 31.5 Å². The Hall–Kier alpha value is -0.520. The van der Waals surface area contributed by atoms with Crippen molar-refractivity contribution in [2.24, 2.45) is 11.7 Å². The van der Waals surface area contributed by atoms with Crippen LogP contribution >= 0.6 is 11.8 Å². The van der Waals surface area contributed by atoms with Gasteiger partial charge >= 0.3 is 0 Å². The second kappa shape index (κ2) is 6.59. The van der Waals surface area contributed by atoms with Gasteiger partial charge in [0.2, 0.25) is 0 Å². The van der Waals surface area contributed by atoms with Gasteiger partial charge in [-0.05, 0) is 19.1 Å². The number of aromatic nitrogens is 2. The molecule has 1 saturated heterocycles. The summed E-state index contributed by atoms with van der Waals surface area (Å²) < 4.78 is 7.62. The summed E-state index contributed by atoms with van der Waals surface area (Å²) in [6.07, 6.45) is 8.18. The average Bonchev–Trinajstić information content (AvgIpc) is 3.05. The molecule has 1 fully saturated rings. The van der Waals surface area contributed by atoms with Crippen molar-refractivity contribution in [1.29, 1.82) is 0 Å². The Morgan fingerprint density at radius 2 is 2.50 bits per heavy atom. The average molecular weight is 269 g/mol. The largest absolute Gasteiger partial charge is 0.381 e. The summed E-state index contributed by atoms with van der Waals surface area (Å²) in [4.78, 5) is 4.25. The molecule has 0 aliphatic carbocycles. The molecule has 5 heteroatoms. The molecule has 18 heavy (non-hydrogen) atoms. The van der Waals surface area contributed by atoms with E-state index in [9.17, 15) is 0 Å². The van der Waals surface area contributed by atoms with E-state index in [2.05, 4.69) is 22.7 Å². The topological polar surface area (TPSA) is 53.1 Å². The quantitative estimate of drug-likeness (QED) is 0.859. The molecule has 1 aliphatic rings. The molecule has 1 aromatic heterocycles. The Labute approximate surface area is 113 Å². The van der Waals surface area contributed by atoms with Crippen molar-refractivity contribution in [3.05, 3.63) is 18.2 Å². The number of hydrogen-bond acceptors (Lipinski definition) is 4. The third kappa shape index (κ3) is 3.28. The van der Waals surface area contributed by atoms with Crippen LogP contribution in [0.5, 0.6) is 0 Å². The molecule has 0 amide bonds. The van der Waals surface area contributed by atoms with Crippen molar-refractivity contribution in [3.8, 4) is 0 Å². The number of hydrogen-bond donors (Lipinski definition) is 1. The number of nitrogens with zero attached hydrogens (tertiary/aromatic N) is 2. The molecule has 1 aliphatic heterocycles. The highest BCUT2D eigenvalue weighted by Gasteiger charge is 2.26. The molecule has 0 saturated carbocycles. The molecule has 0 spiro atoms. The first-order valence-corrected chi connectivity index (χ1v) is 7.87. The fraction of sp³-hybridized carbons (Fsp3) is 0.769. The van der Waals surface area contributed by atoms with Gasteiger partial charge in [-0.3, -0.25) is 0 Å². The van der Waals surface area contributed by atoms with Crippen molar-refractivity contribution < 1.29 is 4.74 Å².